The van der Waals surface area contributed by atoms with Crippen molar-refractivity contribution in [3.05, 3.63) is 70.5 Å². The minimum Gasteiger partial charge on any atom is -0.748 e. The third kappa shape index (κ3) is 4.52. The molecule has 0 bridgehead atoms. The van der Waals surface area contributed by atoms with Crippen LogP contribution in [0.1, 0.15) is 17.0 Å². The molecule has 5 rings (SSSR count). The van der Waals surface area contributed by atoms with E-state index >= 15 is 0 Å². The van der Waals surface area contributed by atoms with Gasteiger partial charge in [-0.05, 0) is 39.9 Å². The molecule has 0 aliphatic heterocycles. The molecule has 0 fully saturated rings. The fraction of sp³-hybridized carbons (Fsp3) is 0.160. The molecule has 0 aliphatic carbocycles. The Labute approximate surface area is 199 Å². The van der Waals surface area contributed by atoms with Crippen LogP contribution in [-0.2, 0) is 16.7 Å². The molecule has 3 aromatic carbocycles. The van der Waals surface area contributed by atoms with E-state index in [2.05, 4.69) is 47.1 Å². The highest BCUT2D eigenvalue weighted by Crippen LogP contribution is 2.38. The quantitative estimate of drug-likeness (QED) is 0.215. The number of ether oxygens (including phenoxy) is 1. The second-order valence-corrected chi connectivity index (χ2v) is 11.2. The topological polar surface area (TPSA) is 70.3 Å². The van der Waals surface area contributed by atoms with Crippen LogP contribution in [0.15, 0.2) is 60.0 Å². The molecule has 2 heterocycles. The average molecular weight is 496 g/mol. The molecule has 5 aromatic rings. The summed E-state index contributed by atoms with van der Waals surface area (Å²) in [5, 5.41) is 6.42. The van der Waals surface area contributed by atoms with Crippen LogP contribution in [-0.4, -0.2) is 25.8 Å². The van der Waals surface area contributed by atoms with Crippen molar-refractivity contribution in [1.82, 2.24) is 0 Å². The zero-order chi connectivity index (χ0) is 23.0. The molecule has 0 radical (unpaired) electrons. The number of hydrogen-bond donors (Lipinski definition) is 0. The molecule has 5 nitrogen and oxygen atoms in total. The third-order valence-corrected chi connectivity index (χ3v) is 8.39. The van der Waals surface area contributed by atoms with Crippen molar-refractivity contribution in [2.75, 3.05) is 12.9 Å². The summed E-state index contributed by atoms with van der Waals surface area (Å²) in [6.07, 6.45) is 4.39. The Morgan fingerprint density at radius 1 is 1.06 bits per heavy atom. The van der Waals surface area contributed by atoms with Crippen molar-refractivity contribution in [2.24, 2.45) is 0 Å². The molecule has 0 saturated carbocycles. The summed E-state index contributed by atoms with van der Waals surface area (Å²) < 4.78 is 43.5. The van der Waals surface area contributed by atoms with E-state index in [1.165, 1.54) is 10.8 Å². The number of fused-ring (bicyclic) bond motifs is 4. The monoisotopic (exact) mass is 495 g/mol. The largest absolute Gasteiger partial charge is 0.748 e. The first-order valence-corrected chi connectivity index (χ1v) is 13.7. The number of aryl methyl sites for hydroxylation is 1. The van der Waals surface area contributed by atoms with Crippen LogP contribution in [0.25, 0.3) is 43.2 Å². The molecule has 0 aliphatic rings. The van der Waals surface area contributed by atoms with E-state index in [9.17, 15) is 13.0 Å². The number of rotatable bonds is 7. The lowest BCUT2D eigenvalue weighted by atomic mass is 10.1. The lowest BCUT2D eigenvalue weighted by Gasteiger charge is -2.05. The number of thiazole rings is 1. The highest BCUT2D eigenvalue weighted by atomic mass is 32.2. The van der Waals surface area contributed by atoms with Gasteiger partial charge in [-0.25, -0.2) is 8.42 Å². The van der Waals surface area contributed by atoms with Gasteiger partial charge in [-0.3, -0.25) is 0 Å². The number of benzene rings is 3. The first-order valence-electron chi connectivity index (χ1n) is 10.4. The molecule has 0 saturated heterocycles. The number of aromatic nitrogens is 1. The number of thiophene rings is 1. The zero-order valence-corrected chi connectivity index (χ0v) is 20.3. The lowest BCUT2D eigenvalue weighted by molar-refractivity contribution is -0.667. The summed E-state index contributed by atoms with van der Waals surface area (Å²) in [5.41, 5.74) is 2.13. The van der Waals surface area contributed by atoms with Gasteiger partial charge in [-0.2, -0.15) is 4.57 Å². The fourth-order valence-electron chi connectivity index (χ4n) is 4.07. The highest BCUT2D eigenvalue weighted by Gasteiger charge is 2.24. The SMILES string of the molecule is COc1cc2sc(/C=C/c3ccc4ccccc4c3)[n+](CCCS(=O)(=O)[O-])c2c2sccc12. The van der Waals surface area contributed by atoms with E-state index in [1.807, 2.05) is 29.6 Å². The Balaban J connectivity index is 1.61. The highest BCUT2D eigenvalue weighted by molar-refractivity contribution is 7.85. The van der Waals surface area contributed by atoms with Gasteiger partial charge in [0.15, 0.2) is 6.54 Å². The Morgan fingerprint density at radius 3 is 2.67 bits per heavy atom. The second kappa shape index (κ2) is 8.87. The molecule has 2 aromatic heterocycles. The molecule has 0 unspecified atom stereocenters. The van der Waals surface area contributed by atoms with E-state index in [4.69, 9.17) is 4.74 Å². The van der Waals surface area contributed by atoms with Gasteiger partial charge in [-0.15, -0.1) is 11.3 Å². The number of hydrogen-bond acceptors (Lipinski definition) is 6. The molecule has 0 spiro atoms. The van der Waals surface area contributed by atoms with Gasteiger partial charge < -0.3 is 9.29 Å². The standard InChI is InChI=1S/C25H21NO4S3/c1-30-21-16-22-24(25-20(21)11-13-31-25)26(12-4-14-33(27,28)29)23(32-22)10-8-17-7-9-18-5-2-3-6-19(18)15-17/h2-3,5-11,13,15-16H,4,12,14H2,1H3/b10-8+. The van der Waals surface area contributed by atoms with Crippen LogP contribution in [0.2, 0.25) is 0 Å². The van der Waals surface area contributed by atoms with Gasteiger partial charge in [0, 0.05) is 29.7 Å². The predicted molar refractivity (Wildman–Crippen MR) is 136 cm³/mol. The Kier molecular flexibility index (Phi) is 5.92. The second-order valence-electron chi connectivity index (χ2n) is 7.74. The molecule has 0 atom stereocenters. The summed E-state index contributed by atoms with van der Waals surface area (Å²) in [6.45, 7) is 0.443. The minimum atomic E-state index is -4.26. The Morgan fingerprint density at radius 2 is 1.88 bits per heavy atom. The predicted octanol–water partition coefficient (Wildman–Crippen LogP) is 5.67. The molecule has 0 amide bonds. The van der Waals surface area contributed by atoms with Gasteiger partial charge in [0.05, 0.1) is 17.2 Å². The van der Waals surface area contributed by atoms with E-state index in [1.54, 1.807) is 29.8 Å². The van der Waals surface area contributed by atoms with E-state index in [0.29, 0.717) is 6.54 Å². The third-order valence-electron chi connectivity index (χ3n) is 5.58. The average Bonchev–Trinajstić information content (AvgIpc) is 3.41. The van der Waals surface area contributed by atoms with Crippen LogP contribution in [0, 0.1) is 0 Å². The van der Waals surface area contributed by atoms with E-state index < -0.39 is 10.1 Å². The van der Waals surface area contributed by atoms with Crippen LogP contribution in [0.4, 0.5) is 0 Å². The van der Waals surface area contributed by atoms with Crippen molar-refractivity contribution >= 4 is 76.0 Å². The molecule has 33 heavy (non-hydrogen) atoms. The van der Waals surface area contributed by atoms with Gasteiger partial charge in [0.1, 0.15) is 15.1 Å². The van der Waals surface area contributed by atoms with Crippen LogP contribution >= 0.6 is 22.7 Å². The normalized spacial score (nSPS) is 12.4. The van der Waals surface area contributed by atoms with Crippen molar-refractivity contribution in [3.63, 3.8) is 0 Å². The number of nitrogens with zero attached hydrogens (tertiary/aromatic N) is 1. The van der Waals surface area contributed by atoms with Crippen molar-refractivity contribution in [2.45, 2.75) is 13.0 Å². The van der Waals surface area contributed by atoms with E-state index in [0.717, 1.165) is 36.6 Å². The van der Waals surface area contributed by atoms with Crippen molar-refractivity contribution in [3.8, 4) is 5.75 Å². The van der Waals surface area contributed by atoms with Crippen LogP contribution in [0.3, 0.4) is 0 Å². The summed E-state index contributed by atoms with van der Waals surface area (Å²) in [7, 11) is -2.59. The summed E-state index contributed by atoms with van der Waals surface area (Å²) in [5.74, 6) is 0.439. The fourth-order valence-corrected chi connectivity index (χ4v) is 6.71. The Bertz CT molecular complexity index is 1610. The van der Waals surface area contributed by atoms with Gasteiger partial charge in [0.25, 0.3) is 5.01 Å². The van der Waals surface area contributed by atoms with Crippen molar-refractivity contribution in [1.29, 1.82) is 0 Å². The maximum Gasteiger partial charge on any atom is 0.262 e. The number of methoxy groups -OCH3 is 1. The van der Waals surface area contributed by atoms with Crippen LogP contribution in [0.5, 0.6) is 5.75 Å². The van der Waals surface area contributed by atoms with E-state index in [-0.39, 0.29) is 12.2 Å². The summed E-state index contributed by atoms with van der Waals surface area (Å²) in [4.78, 5) is 0. The van der Waals surface area contributed by atoms with Gasteiger partial charge in [0.2, 0.25) is 5.52 Å². The molecular formula is C25H21NO4S3. The maximum absolute atomic E-state index is 11.2. The Hall–Kier alpha value is -2.78. The molecule has 168 valence electrons. The zero-order valence-electron chi connectivity index (χ0n) is 17.9. The molecule has 8 heteroatoms. The lowest BCUT2D eigenvalue weighted by Crippen LogP contribution is -2.36. The van der Waals surface area contributed by atoms with Crippen LogP contribution < -0.4 is 9.30 Å². The van der Waals surface area contributed by atoms with Gasteiger partial charge >= 0.3 is 0 Å². The summed E-state index contributed by atoms with van der Waals surface area (Å²) >= 11 is 3.26. The first kappa shape index (κ1) is 22.0. The first-order chi connectivity index (χ1) is 15.9. The van der Waals surface area contributed by atoms with Crippen molar-refractivity contribution < 1.29 is 22.3 Å². The van der Waals surface area contributed by atoms with Gasteiger partial charge in [-0.1, -0.05) is 47.7 Å². The maximum atomic E-state index is 11.2. The summed E-state index contributed by atoms with van der Waals surface area (Å²) in [6, 6.07) is 18.6. The minimum absolute atomic E-state index is 0.262. The molecular weight excluding hydrogens is 474 g/mol. The smallest absolute Gasteiger partial charge is 0.262 e. The molecule has 0 N–H and O–H groups in total.